The molecule has 1 amide bonds. The van der Waals surface area contributed by atoms with Gasteiger partial charge in [0.2, 0.25) is 10.0 Å². The summed E-state index contributed by atoms with van der Waals surface area (Å²) >= 11 is 0. The van der Waals surface area contributed by atoms with E-state index in [9.17, 15) is 13.2 Å². The highest BCUT2D eigenvalue weighted by Crippen LogP contribution is 2.32. The van der Waals surface area contributed by atoms with Crippen LogP contribution < -0.4 is 5.32 Å². The number of hydrogen-bond acceptors (Lipinski definition) is 3. The number of fused-ring (bicyclic) bond motifs is 3. The Kier molecular flexibility index (Phi) is 4.52. The van der Waals surface area contributed by atoms with Crippen molar-refractivity contribution < 1.29 is 13.2 Å². The van der Waals surface area contributed by atoms with Crippen LogP contribution in [0.25, 0.3) is 10.9 Å². The van der Waals surface area contributed by atoms with Crippen molar-refractivity contribution in [3.05, 3.63) is 35.0 Å². The van der Waals surface area contributed by atoms with Crippen LogP contribution in [0.15, 0.2) is 18.2 Å². The third-order valence-corrected chi connectivity index (χ3v) is 7.52. The SMILES string of the molecule is CC1CCc2[nH]c3c(C(=O)NCCN4CCCS4(=O)=O)cccc3c2C1. The highest BCUT2D eigenvalue weighted by molar-refractivity contribution is 7.89. The summed E-state index contributed by atoms with van der Waals surface area (Å²) in [4.78, 5) is 16.1. The fourth-order valence-electron chi connectivity index (χ4n) is 4.14. The van der Waals surface area contributed by atoms with Gasteiger partial charge in [-0.1, -0.05) is 19.1 Å². The number of amides is 1. The first-order chi connectivity index (χ1) is 12.5. The summed E-state index contributed by atoms with van der Waals surface area (Å²) in [5.74, 6) is 0.729. The molecule has 4 rings (SSSR count). The summed E-state index contributed by atoms with van der Waals surface area (Å²) in [5, 5.41) is 4.02. The molecular weight excluding hydrogens is 350 g/mol. The van der Waals surface area contributed by atoms with Gasteiger partial charge in [0.15, 0.2) is 0 Å². The van der Waals surface area contributed by atoms with E-state index in [1.165, 1.54) is 22.0 Å². The van der Waals surface area contributed by atoms with Crippen molar-refractivity contribution in [1.82, 2.24) is 14.6 Å². The molecular formula is C19H25N3O3S. The van der Waals surface area contributed by atoms with Gasteiger partial charge in [0.25, 0.3) is 5.91 Å². The fraction of sp³-hybridized carbons (Fsp3) is 0.526. The number of nitrogens with one attached hydrogen (secondary N) is 2. The van der Waals surface area contributed by atoms with Gasteiger partial charge in [-0.25, -0.2) is 12.7 Å². The van der Waals surface area contributed by atoms with E-state index in [0.29, 0.717) is 37.5 Å². The number of aromatic amines is 1. The lowest BCUT2D eigenvalue weighted by Gasteiger charge is -2.17. The minimum absolute atomic E-state index is 0.154. The molecule has 0 radical (unpaired) electrons. The van der Waals surface area contributed by atoms with Gasteiger partial charge in [0, 0.05) is 30.7 Å². The largest absolute Gasteiger partial charge is 0.358 e. The lowest BCUT2D eigenvalue weighted by Crippen LogP contribution is -2.35. The lowest BCUT2D eigenvalue weighted by atomic mass is 9.87. The van der Waals surface area contributed by atoms with Gasteiger partial charge in [-0.2, -0.15) is 0 Å². The van der Waals surface area contributed by atoms with Gasteiger partial charge in [-0.05, 0) is 43.2 Å². The molecule has 2 aliphatic rings. The number of H-pyrrole nitrogens is 1. The Morgan fingerprint density at radius 3 is 3.00 bits per heavy atom. The molecule has 1 atom stereocenters. The second-order valence-corrected chi connectivity index (χ2v) is 9.57. The second-order valence-electron chi connectivity index (χ2n) is 7.48. The molecule has 2 N–H and O–H groups in total. The van der Waals surface area contributed by atoms with E-state index < -0.39 is 10.0 Å². The van der Waals surface area contributed by atoms with Crippen LogP contribution in [0.1, 0.15) is 41.4 Å². The molecule has 1 saturated heterocycles. The van der Waals surface area contributed by atoms with E-state index >= 15 is 0 Å². The van der Waals surface area contributed by atoms with Crippen molar-refractivity contribution in [3.8, 4) is 0 Å². The first kappa shape index (κ1) is 17.5. The number of sulfonamides is 1. The quantitative estimate of drug-likeness (QED) is 0.858. The predicted octanol–water partition coefficient (Wildman–Crippen LogP) is 2.06. The zero-order chi connectivity index (χ0) is 18.3. The molecule has 6 nitrogen and oxygen atoms in total. The summed E-state index contributed by atoms with van der Waals surface area (Å²) in [6.07, 6.45) is 3.92. The number of para-hydroxylation sites is 1. The molecule has 1 aromatic carbocycles. The maximum absolute atomic E-state index is 12.7. The number of carbonyl (C=O) groups excluding carboxylic acids is 1. The molecule has 0 spiro atoms. The third kappa shape index (κ3) is 3.14. The Morgan fingerprint density at radius 1 is 1.38 bits per heavy atom. The summed E-state index contributed by atoms with van der Waals surface area (Å²) in [7, 11) is -3.12. The van der Waals surface area contributed by atoms with Crippen molar-refractivity contribution in [2.24, 2.45) is 5.92 Å². The molecule has 1 fully saturated rings. The van der Waals surface area contributed by atoms with Crippen molar-refractivity contribution in [2.75, 3.05) is 25.4 Å². The predicted molar refractivity (Wildman–Crippen MR) is 102 cm³/mol. The van der Waals surface area contributed by atoms with E-state index in [2.05, 4.69) is 23.3 Å². The van der Waals surface area contributed by atoms with Gasteiger partial charge in [-0.15, -0.1) is 0 Å². The Hall–Kier alpha value is -1.86. The van der Waals surface area contributed by atoms with E-state index in [0.717, 1.165) is 23.7 Å². The van der Waals surface area contributed by atoms with E-state index in [1.54, 1.807) is 0 Å². The van der Waals surface area contributed by atoms with Crippen molar-refractivity contribution >= 4 is 26.8 Å². The van der Waals surface area contributed by atoms with Gasteiger partial charge >= 0.3 is 0 Å². The van der Waals surface area contributed by atoms with Gasteiger partial charge in [0.1, 0.15) is 0 Å². The zero-order valence-corrected chi connectivity index (χ0v) is 15.9. The van der Waals surface area contributed by atoms with Crippen LogP contribution in [0.3, 0.4) is 0 Å². The van der Waals surface area contributed by atoms with Gasteiger partial charge < -0.3 is 10.3 Å². The molecule has 0 bridgehead atoms. The Balaban J connectivity index is 1.50. The van der Waals surface area contributed by atoms with Crippen LogP contribution in [-0.2, 0) is 22.9 Å². The standard InChI is InChI=1S/C19H25N3O3S/c1-13-6-7-17-16(12-13)14-4-2-5-15(18(14)21-17)19(23)20-8-10-22-9-3-11-26(22,24)25/h2,4-5,13,21H,3,6-12H2,1H3,(H,20,23). The van der Waals surface area contributed by atoms with Crippen LogP contribution in [0.5, 0.6) is 0 Å². The topological polar surface area (TPSA) is 82.3 Å². The summed E-state index contributed by atoms with van der Waals surface area (Å²) in [6, 6.07) is 5.83. The normalized spacial score (nSPS) is 22.4. The smallest absolute Gasteiger partial charge is 0.253 e. The number of rotatable bonds is 4. The monoisotopic (exact) mass is 375 g/mol. The van der Waals surface area contributed by atoms with E-state index in [1.807, 2.05) is 12.1 Å². The molecule has 1 unspecified atom stereocenters. The summed E-state index contributed by atoms with van der Waals surface area (Å²) < 4.78 is 25.1. The zero-order valence-electron chi connectivity index (χ0n) is 15.0. The average molecular weight is 375 g/mol. The molecule has 0 saturated carbocycles. The average Bonchev–Trinajstić information content (AvgIpc) is 3.14. The molecule has 140 valence electrons. The number of benzene rings is 1. The van der Waals surface area contributed by atoms with Gasteiger partial charge in [-0.3, -0.25) is 4.79 Å². The molecule has 1 aliphatic carbocycles. The highest BCUT2D eigenvalue weighted by Gasteiger charge is 2.28. The Bertz CT molecular complexity index is 948. The minimum Gasteiger partial charge on any atom is -0.358 e. The van der Waals surface area contributed by atoms with Crippen LogP contribution in [-0.4, -0.2) is 49.0 Å². The summed E-state index contributed by atoms with van der Waals surface area (Å²) in [6.45, 7) is 3.48. The van der Waals surface area contributed by atoms with E-state index in [-0.39, 0.29) is 11.7 Å². The van der Waals surface area contributed by atoms with Crippen LogP contribution in [0.2, 0.25) is 0 Å². The fourth-order valence-corrected chi connectivity index (χ4v) is 5.66. The minimum atomic E-state index is -3.12. The highest BCUT2D eigenvalue weighted by atomic mass is 32.2. The van der Waals surface area contributed by atoms with Crippen LogP contribution in [0, 0.1) is 5.92 Å². The molecule has 7 heteroatoms. The Labute approximate surface area is 154 Å². The molecule has 2 heterocycles. The number of aromatic nitrogens is 1. The third-order valence-electron chi connectivity index (χ3n) is 5.56. The number of hydrogen-bond donors (Lipinski definition) is 2. The number of carbonyl (C=O) groups is 1. The van der Waals surface area contributed by atoms with Crippen LogP contribution >= 0.6 is 0 Å². The van der Waals surface area contributed by atoms with Crippen LogP contribution in [0.4, 0.5) is 0 Å². The molecule has 26 heavy (non-hydrogen) atoms. The molecule has 2 aromatic rings. The molecule has 1 aliphatic heterocycles. The first-order valence-corrected chi connectivity index (χ1v) is 10.9. The first-order valence-electron chi connectivity index (χ1n) is 9.34. The summed E-state index contributed by atoms with van der Waals surface area (Å²) in [5.41, 5.74) is 4.13. The maximum Gasteiger partial charge on any atom is 0.253 e. The van der Waals surface area contributed by atoms with Gasteiger partial charge in [0.05, 0.1) is 16.8 Å². The van der Waals surface area contributed by atoms with Crippen molar-refractivity contribution in [2.45, 2.75) is 32.6 Å². The lowest BCUT2D eigenvalue weighted by molar-refractivity contribution is 0.0953. The second kappa shape index (κ2) is 6.70. The number of aryl methyl sites for hydroxylation is 1. The maximum atomic E-state index is 12.7. The molecule has 1 aromatic heterocycles. The number of nitrogens with zero attached hydrogens (tertiary/aromatic N) is 1. The Morgan fingerprint density at radius 2 is 2.23 bits per heavy atom. The van der Waals surface area contributed by atoms with Crippen molar-refractivity contribution in [3.63, 3.8) is 0 Å². The van der Waals surface area contributed by atoms with Crippen molar-refractivity contribution in [1.29, 1.82) is 0 Å². The van der Waals surface area contributed by atoms with E-state index in [4.69, 9.17) is 0 Å².